The second-order valence-corrected chi connectivity index (χ2v) is 15.7. The van der Waals surface area contributed by atoms with Crippen LogP contribution in [0.25, 0.3) is 10.8 Å². The quantitative estimate of drug-likeness (QED) is 0.103. The zero-order chi connectivity index (χ0) is 40.3. The number of hydrogen-bond acceptors (Lipinski definition) is 6. The van der Waals surface area contributed by atoms with E-state index in [4.69, 9.17) is 14.2 Å². The number of carbonyl (C=O) groups is 1. The van der Waals surface area contributed by atoms with E-state index in [0.29, 0.717) is 43.8 Å². The first-order valence-corrected chi connectivity index (χ1v) is 20.8. The number of carbonyl (C=O) groups excluding carboxylic acids is 1. The summed E-state index contributed by atoms with van der Waals surface area (Å²) in [4.78, 5) is 13.8. The molecule has 6 heteroatoms. The molecule has 6 nitrogen and oxygen atoms in total. The molecule has 8 rings (SSSR count). The summed E-state index contributed by atoms with van der Waals surface area (Å²) in [6.45, 7) is 2.42. The van der Waals surface area contributed by atoms with Crippen molar-refractivity contribution in [3.05, 3.63) is 160 Å². The molecule has 5 aromatic carbocycles. The third-order valence-corrected chi connectivity index (χ3v) is 11.6. The molecule has 4 atom stereocenters. The Morgan fingerprint density at radius 2 is 1.60 bits per heavy atom. The summed E-state index contributed by atoms with van der Waals surface area (Å²) in [7, 11) is 1.63. The number of fused-ring (bicyclic) bond motifs is 9. The van der Waals surface area contributed by atoms with Gasteiger partial charge in [0.15, 0.2) is 11.5 Å². The van der Waals surface area contributed by atoms with E-state index in [1.54, 1.807) is 13.2 Å². The number of phenolic OH excluding ortho intramolecular Hbond substituents is 1. The van der Waals surface area contributed by atoms with Crippen LogP contribution in [-0.4, -0.2) is 29.2 Å². The third kappa shape index (κ3) is 10.3. The smallest absolute Gasteiger partial charge is 0.161 e. The lowest BCUT2D eigenvalue weighted by Gasteiger charge is -2.28. The summed E-state index contributed by atoms with van der Waals surface area (Å²) in [5.41, 5.74) is 6.19. The molecule has 298 valence electrons. The van der Waals surface area contributed by atoms with Crippen molar-refractivity contribution in [2.24, 2.45) is 11.8 Å². The number of hydrogen-bond donors (Lipinski definition) is 2. The number of aliphatic hydroxyl groups excluding tert-OH is 1. The van der Waals surface area contributed by atoms with Gasteiger partial charge in [-0.3, -0.25) is 4.79 Å². The van der Waals surface area contributed by atoms with Crippen LogP contribution in [0.15, 0.2) is 127 Å². The summed E-state index contributed by atoms with van der Waals surface area (Å²) < 4.78 is 18.5. The van der Waals surface area contributed by atoms with Crippen LogP contribution in [0.3, 0.4) is 0 Å². The molecule has 4 unspecified atom stereocenters. The molecule has 6 bridgehead atoms. The molecule has 2 heterocycles. The van der Waals surface area contributed by atoms with Gasteiger partial charge in [0, 0.05) is 18.4 Å². The number of phenols is 1. The number of aliphatic hydroxyl groups is 1. The van der Waals surface area contributed by atoms with Crippen LogP contribution in [0.1, 0.15) is 84.7 Å². The number of methoxy groups -OCH3 is 1. The molecule has 2 aliphatic heterocycles. The molecule has 2 N–H and O–H groups in total. The second-order valence-electron chi connectivity index (χ2n) is 15.7. The second kappa shape index (κ2) is 19.5. The molecule has 5 aromatic rings. The molecule has 0 aromatic heterocycles. The minimum atomic E-state index is -0.503. The minimum Gasteiger partial charge on any atom is -0.508 e. The summed E-state index contributed by atoms with van der Waals surface area (Å²) in [6.07, 6.45) is 15.4. The number of ether oxygens (including phenoxy) is 3. The number of rotatable bonds is 11. The Morgan fingerprint density at radius 1 is 0.828 bits per heavy atom. The molecule has 0 spiro atoms. The van der Waals surface area contributed by atoms with Gasteiger partial charge in [0.25, 0.3) is 0 Å². The molecular weight excluding hydrogens is 721 g/mol. The molecule has 0 saturated carbocycles. The van der Waals surface area contributed by atoms with E-state index in [9.17, 15) is 15.0 Å². The van der Waals surface area contributed by atoms with Gasteiger partial charge in [-0.2, -0.15) is 0 Å². The van der Waals surface area contributed by atoms with Crippen LogP contribution < -0.4 is 9.47 Å². The lowest BCUT2D eigenvalue weighted by atomic mass is 9.80. The molecule has 0 saturated heterocycles. The van der Waals surface area contributed by atoms with Crippen molar-refractivity contribution < 1.29 is 29.2 Å². The van der Waals surface area contributed by atoms with Crippen LogP contribution >= 0.6 is 0 Å². The van der Waals surface area contributed by atoms with Crippen LogP contribution in [0.2, 0.25) is 0 Å². The van der Waals surface area contributed by atoms with E-state index in [2.05, 4.69) is 73.6 Å². The lowest BCUT2D eigenvalue weighted by Crippen LogP contribution is -2.24. The van der Waals surface area contributed by atoms with Crippen molar-refractivity contribution in [2.45, 2.75) is 89.8 Å². The summed E-state index contributed by atoms with van der Waals surface area (Å²) in [6, 6.07) is 34.7. The molecule has 0 radical (unpaired) electrons. The lowest BCUT2D eigenvalue weighted by molar-refractivity contribution is -0.121. The summed E-state index contributed by atoms with van der Waals surface area (Å²) >= 11 is 0. The zero-order valence-corrected chi connectivity index (χ0v) is 33.7. The van der Waals surface area contributed by atoms with E-state index in [1.807, 2.05) is 60.7 Å². The number of Topliss-reactive ketones (excluding diaryl/α,β-unsaturated/α-hetero) is 1. The van der Waals surface area contributed by atoms with Gasteiger partial charge in [-0.1, -0.05) is 104 Å². The maximum Gasteiger partial charge on any atom is 0.161 e. The summed E-state index contributed by atoms with van der Waals surface area (Å²) in [5.74, 6) is 4.97. The van der Waals surface area contributed by atoms with Crippen LogP contribution in [0.4, 0.5) is 0 Å². The Labute approximate surface area is 343 Å². The molecule has 0 amide bonds. The Kier molecular flexibility index (Phi) is 13.5. The number of benzene rings is 5. The van der Waals surface area contributed by atoms with Crippen molar-refractivity contribution in [3.63, 3.8) is 0 Å². The van der Waals surface area contributed by atoms with Crippen molar-refractivity contribution in [1.29, 1.82) is 0 Å². The van der Waals surface area contributed by atoms with E-state index >= 15 is 0 Å². The predicted molar refractivity (Wildman–Crippen MR) is 231 cm³/mol. The standard InChI is InChI=1S/C52H54O6/c1-3-40-33-49(55)52-42(28-37-15-8-5-9-16-37)26-27-57-46(32-43-31-44(53)23-21-41(43)17-11-10-14-36-12-6-4-7-13-36)34-45(54)22-18-38-20-25-50(56-2)51(30-38)58-35-39-19-24-47(52)48(40)29-39/h4-9,12-13,15-16,19-21,23-25,29-31,33,41-43,46,53,55H,3,10-11,14,17-18,22,28,32,34-35H2,1-2H3. The maximum absolute atomic E-state index is 13.8. The van der Waals surface area contributed by atoms with Crippen LogP contribution in [0.5, 0.6) is 17.2 Å². The fraction of sp³-hybridized carbons (Fsp3) is 0.327. The number of aromatic hydroxyl groups is 1. The molecular formula is C52H54O6. The molecule has 0 fully saturated rings. The Bertz CT molecular complexity index is 2300. The molecule has 3 aliphatic rings. The van der Waals surface area contributed by atoms with Gasteiger partial charge in [0.05, 0.1) is 13.0 Å². The minimum absolute atomic E-state index is 0.0203. The highest BCUT2D eigenvalue weighted by atomic mass is 16.5. The van der Waals surface area contributed by atoms with Crippen molar-refractivity contribution >= 4 is 16.6 Å². The van der Waals surface area contributed by atoms with Gasteiger partial charge in [-0.25, -0.2) is 0 Å². The monoisotopic (exact) mass is 774 g/mol. The van der Waals surface area contributed by atoms with Gasteiger partial charge in [-0.05, 0) is 132 Å². The van der Waals surface area contributed by atoms with E-state index in [1.165, 1.54) is 5.56 Å². The topological polar surface area (TPSA) is 85.2 Å². The van der Waals surface area contributed by atoms with Gasteiger partial charge < -0.3 is 24.4 Å². The van der Waals surface area contributed by atoms with Gasteiger partial charge >= 0.3 is 0 Å². The van der Waals surface area contributed by atoms with Crippen LogP contribution in [-0.2, 0) is 41.8 Å². The van der Waals surface area contributed by atoms with Gasteiger partial charge in [0.1, 0.15) is 36.1 Å². The van der Waals surface area contributed by atoms with Crippen molar-refractivity contribution in [1.82, 2.24) is 0 Å². The first-order chi connectivity index (χ1) is 28.4. The largest absolute Gasteiger partial charge is 0.508 e. The number of ketones is 1. The first-order valence-electron chi connectivity index (χ1n) is 20.8. The van der Waals surface area contributed by atoms with E-state index in [-0.39, 0.29) is 35.5 Å². The van der Waals surface area contributed by atoms with E-state index in [0.717, 1.165) is 70.7 Å². The van der Waals surface area contributed by atoms with Gasteiger partial charge in [-0.15, -0.1) is 0 Å². The van der Waals surface area contributed by atoms with Crippen molar-refractivity contribution in [3.8, 4) is 29.3 Å². The maximum atomic E-state index is 13.8. The average Bonchev–Trinajstić information content (AvgIpc) is 3.24. The number of unbranched alkanes of at least 4 members (excludes halogenated alkanes) is 1. The number of aryl methyl sites for hydroxylation is 3. The predicted octanol–water partition coefficient (Wildman–Crippen LogP) is 11.3. The van der Waals surface area contributed by atoms with Gasteiger partial charge in [0.2, 0.25) is 0 Å². The first kappa shape index (κ1) is 40.3. The van der Waals surface area contributed by atoms with E-state index < -0.39 is 12.0 Å². The third-order valence-electron chi connectivity index (χ3n) is 11.6. The SMILES string of the molecule is CCc1cc(O)c2c3ccc(cc13)COc1cc(ccc1OC)CCC(=O)CC(CC1C=C(O)C=CC1CCCCc1ccccc1)OC#CC2Cc1ccccc1. The number of allylic oxidation sites excluding steroid dienone is 3. The highest BCUT2D eigenvalue weighted by Crippen LogP contribution is 2.39. The summed E-state index contributed by atoms with van der Waals surface area (Å²) in [5, 5.41) is 24.4. The zero-order valence-electron chi connectivity index (χ0n) is 33.7. The fourth-order valence-corrected chi connectivity index (χ4v) is 8.50. The Balaban J connectivity index is 1.23. The Morgan fingerprint density at radius 3 is 2.38 bits per heavy atom. The fourth-order valence-electron chi connectivity index (χ4n) is 8.50. The average molecular weight is 775 g/mol. The Hall–Kier alpha value is -5.93. The van der Waals surface area contributed by atoms with Crippen LogP contribution in [0, 0.1) is 23.9 Å². The molecule has 58 heavy (non-hydrogen) atoms. The highest BCUT2D eigenvalue weighted by Gasteiger charge is 2.27. The van der Waals surface area contributed by atoms with Crippen molar-refractivity contribution in [2.75, 3.05) is 7.11 Å². The molecule has 1 aliphatic carbocycles. The normalized spacial score (nSPS) is 19.6. The highest BCUT2D eigenvalue weighted by molar-refractivity contribution is 5.92.